The van der Waals surface area contributed by atoms with Gasteiger partial charge in [0.2, 0.25) is 11.8 Å². The molecule has 0 saturated heterocycles. The lowest BCUT2D eigenvalue weighted by atomic mass is 10.1. The molecule has 148 valence electrons. The van der Waals surface area contributed by atoms with E-state index in [0.717, 1.165) is 28.1 Å². The predicted molar refractivity (Wildman–Crippen MR) is 117 cm³/mol. The minimum absolute atomic E-state index is 0.118. The molecule has 0 aliphatic carbocycles. The van der Waals surface area contributed by atoms with Gasteiger partial charge in [-0.15, -0.1) is 11.3 Å². The number of carbonyl (C=O) groups excluding carboxylic acids is 2. The molecule has 1 heterocycles. The van der Waals surface area contributed by atoms with E-state index in [1.807, 2.05) is 54.8 Å². The van der Waals surface area contributed by atoms with Crippen LogP contribution in [0.1, 0.15) is 18.1 Å². The fraction of sp³-hybridized carbons (Fsp3) is 0.136. The van der Waals surface area contributed by atoms with Gasteiger partial charge in [0.15, 0.2) is 5.13 Å². The van der Waals surface area contributed by atoms with E-state index in [2.05, 4.69) is 15.6 Å². The van der Waals surface area contributed by atoms with Crippen LogP contribution in [-0.4, -0.2) is 23.9 Å². The van der Waals surface area contributed by atoms with Crippen molar-refractivity contribution in [2.45, 2.75) is 13.8 Å². The normalized spacial score (nSPS) is 10.7. The van der Waals surface area contributed by atoms with Crippen LogP contribution in [0.4, 0.5) is 10.8 Å². The first kappa shape index (κ1) is 20.3. The molecule has 0 bridgehead atoms. The molecule has 7 heteroatoms. The minimum Gasteiger partial charge on any atom is -0.496 e. The first-order valence-corrected chi connectivity index (χ1v) is 9.80. The van der Waals surface area contributed by atoms with Crippen LogP contribution in [0.2, 0.25) is 0 Å². The topological polar surface area (TPSA) is 80.3 Å². The van der Waals surface area contributed by atoms with Crippen molar-refractivity contribution in [3.63, 3.8) is 0 Å². The molecule has 0 unspecified atom stereocenters. The molecule has 3 aromatic rings. The van der Waals surface area contributed by atoms with Crippen molar-refractivity contribution >= 4 is 40.0 Å². The Balaban J connectivity index is 1.66. The maximum atomic E-state index is 12.3. The van der Waals surface area contributed by atoms with Crippen molar-refractivity contribution in [1.29, 1.82) is 0 Å². The van der Waals surface area contributed by atoms with Gasteiger partial charge in [-0.1, -0.05) is 23.8 Å². The van der Waals surface area contributed by atoms with E-state index < -0.39 is 0 Å². The van der Waals surface area contributed by atoms with E-state index in [1.54, 1.807) is 13.2 Å². The summed E-state index contributed by atoms with van der Waals surface area (Å²) >= 11 is 1.35. The number of hydrogen-bond acceptors (Lipinski definition) is 5. The Morgan fingerprint density at radius 1 is 1.10 bits per heavy atom. The predicted octanol–water partition coefficient (Wildman–Crippen LogP) is 4.74. The highest BCUT2D eigenvalue weighted by atomic mass is 32.1. The quantitative estimate of drug-likeness (QED) is 0.579. The molecule has 0 fully saturated rings. The number of thiazole rings is 1. The van der Waals surface area contributed by atoms with Crippen LogP contribution in [0.15, 0.2) is 53.9 Å². The highest BCUT2D eigenvalue weighted by Crippen LogP contribution is 2.26. The van der Waals surface area contributed by atoms with Gasteiger partial charge in [-0.25, -0.2) is 4.98 Å². The van der Waals surface area contributed by atoms with Crippen molar-refractivity contribution in [2.24, 2.45) is 0 Å². The summed E-state index contributed by atoms with van der Waals surface area (Å²) in [4.78, 5) is 27.8. The van der Waals surface area contributed by atoms with Gasteiger partial charge in [-0.05, 0) is 37.3 Å². The molecule has 3 rings (SSSR count). The fourth-order valence-corrected chi connectivity index (χ4v) is 3.41. The lowest BCUT2D eigenvalue weighted by Gasteiger charge is -2.05. The van der Waals surface area contributed by atoms with Crippen LogP contribution in [0.5, 0.6) is 5.75 Å². The SMILES string of the molecule is COc1ccc(C)cc1/C=C/C(=O)Nc1nc(-c2ccc(NC(C)=O)cc2)cs1. The van der Waals surface area contributed by atoms with Crippen LogP contribution in [0, 0.1) is 6.92 Å². The monoisotopic (exact) mass is 407 g/mol. The molecule has 0 saturated carbocycles. The van der Waals surface area contributed by atoms with Gasteiger partial charge in [-0.3, -0.25) is 14.9 Å². The lowest BCUT2D eigenvalue weighted by molar-refractivity contribution is -0.114. The zero-order chi connectivity index (χ0) is 20.8. The Bertz CT molecular complexity index is 1060. The first-order valence-electron chi connectivity index (χ1n) is 8.92. The number of hydrogen-bond donors (Lipinski definition) is 2. The third kappa shape index (κ3) is 5.52. The maximum absolute atomic E-state index is 12.3. The molecule has 0 spiro atoms. The van der Waals surface area contributed by atoms with Crippen molar-refractivity contribution in [3.05, 3.63) is 65.0 Å². The number of benzene rings is 2. The van der Waals surface area contributed by atoms with Gasteiger partial charge in [0, 0.05) is 35.2 Å². The molecule has 2 aromatic carbocycles. The molecule has 0 atom stereocenters. The summed E-state index contributed by atoms with van der Waals surface area (Å²) in [6, 6.07) is 13.1. The van der Waals surface area contributed by atoms with E-state index in [-0.39, 0.29) is 11.8 Å². The summed E-state index contributed by atoms with van der Waals surface area (Å²) in [6.07, 6.45) is 3.18. The molecule has 6 nitrogen and oxygen atoms in total. The Labute approximate surface area is 173 Å². The zero-order valence-electron chi connectivity index (χ0n) is 16.4. The number of methoxy groups -OCH3 is 1. The molecule has 29 heavy (non-hydrogen) atoms. The molecule has 2 N–H and O–H groups in total. The van der Waals surface area contributed by atoms with Crippen LogP contribution < -0.4 is 15.4 Å². The van der Waals surface area contributed by atoms with Gasteiger partial charge < -0.3 is 10.1 Å². The zero-order valence-corrected chi connectivity index (χ0v) is 17.2. The van der Waals surface area contributed by atoms with E-state index in [0.29, 0.717) is 10.9 Å². The summed E-state index contributed by atoms with van der Waals surface area (Å²) in [7, 11) is 1.60. The van der Waals surface area contributed by atoms with Gasteiger partial charge in [-0.2, -0.15) is 0 Å². The smallest absolute Gasteiger partial charge is 0.250 e. The summed E-state index contributed by atoms with van der Waals surface area (Å²) < 4.78 is 5.32. The van der Waals surface area contributed by atoms with Crippen molar-refractivity contribution in [1.82, 2.24) is 4.98 Å². The van der Waals surface area contributed by atoms with E-state index in [4.69, 9.17) is 4.74 Å². The van der Waals surface area contributed by atoms with Crippen molar-refractivity contribution in [2.75, 3.05) is 17.7 Å². The molecule has 0 aliphatic heterocycles. The average molecular weight is 407 g/mol. The molecular weight excluding hydrogens is 386 g/mol. The Hall–Kier alpha value is -3.45. The van der Waals surface area contributed by atoms with Crippen LogP contribution >= 0.6 is 11.3 Å². The Kier molecular flexibility index (Phi) is 6.41. The third-order valence-corrected chi connectivity index (χ3v) is 4.79. The standard InChI is InChI=1S/C22H21N3O3S/c1-14-4-10-20(28-3)17(12-14)7-11-21(27)25-22-24-19(13-29-22)16-5-8-18(9-6-16)23-15(2)26/h4-13H,1-3H3,(H,23,26)(H,24,25,27)/b11-7+. The lowest BCUT2D eigenvalue weighted by Crippen LogP contribution is -2.07. The number of amides is 2. The van der Waals surface area contributed by atoms with E-state index in [1.165, 1.54) is 24.3 Å². The summed E-state index contributed by atoms with van der Waals surface area (Å²) in [5, 5.41) is 7.88. The number of nitrogens with one attached hydrogen (secondary N) is 2. The highest BCUT2D eigenvalue weighted by Gasteiger charge is 2.07. The number of rotatable bonds is 6. The summed E-state index contributed by atoms with van der Waals surface area (Å²) in [5.41, 5.74) is 4.29. The van der Waals surface area contributed by atoms with Crippen LogP contribution in [0.25, 0.3) is 17.3 Å². The third-order valence-electron chi connectivity index (χ3n) is 4.03. The largest absolute Gasteiger partial charge is 0.496 e. The van der Waals surface area contributed by atoms with E-state index >= 15 is 0 Å². The number of anilines is 2. The Morgan fingerprint density at radius 3 is 2.55 bits per heavy atom. The van der Waals surface area contributed by atoms with Gasteiger partial charge in [0.1, 0.15) is 5.75 Å². The highest BCUT2D eigenvalue weighted by molar-refractivity contribution is 7.14. The number of ether oxygens (including phenoxy) is 1. The van der Waals surface area contributed by atoms with E-state index in [9.17, 15) is 9.59 Å². The number of nitrogens with zero attached hydrogens (tertiary/aromatic N) is 1. The molecular formula is C22H21N3O3S. The van der Waals surface area contributed by atoms with Gasteiger partial charge >= 0.3 is 0 Å². The minimum atomic E-state index is -0.268. The summed E-state index contributed by atoms with van der Waals surface area (Å²) in [6.45, 7) is 3.45. The van der Waals surface area contributed by atoms with Crippen LogP contribution in [0.3, 0.4) is 0 Å². The molecule has 2 amide bonds. The van der Waals surface area contributed by atoms with Crippen molar-refractivity contribution in [3.8, 4) is 17.0 Å². The maximum Gasteiger partial charge on any atom is 0.250 e. The number of aromatic nitrogens is 1. The van der Waals surface area contributed by atoms with Crippen molar-refractivity contribution < 1.29 is 14.3 Å². The second-order valence-electron chi connectivity index (χ2n) is 6.36. The number of carbonyl (C=O) groups is 2. The van der Waals surface area contributed by atoms with Gasteiger partial charge in [0.05, 0.1) is 12.8 Å². The second kappa shape index (κ2) is 9.16. The molecule has 0 radical (unpaired) electrons. The Morgan fingerprint density at radius 2 is 1.86 bits per heavy atom. The van der Waals surface area contributed by atoms with Crippen LogP contribution in [-0.2, 0) is 9.59 Å². The fourth-order valence-electron chi connectivity index (χ4n) is 2.69. The molecule has 1 aromatic heterocycles. The molecule has 0 aliphatic rings. The van der Waals surface area contributed by atoms with Gasteiger partial charge in [0.25, 0.3) is 0 Å². The summed E-state index contributed by atoms with van der Waals surface area (Å²) in [5.74, 6) is 0.321. The average Bonchev–Trinajstić information content (AvgIpc) is 3.15. The second-order valence-corrected chi connectivity index (χ2v) is 7.22. The number of aryl methyl sites for hydroxylation is 1. The first-order chi connectivity index (χ1) is 13.9.